The van der Waals surface area contributed by atoms with E-state index in [4.69, 9.17) is 16.1 Å². The highest BCUT2D eigenvalue weighted by Gasteiger charge is 2.31. The summed E-state index contributed by atoms with van der Waals surface area (Å²) in [7, 11) is 0. The summed E-state index contributed by atoms with van der Waals surface area (Å²) in [6.07, 6.45) is 1.51. The molecular formula is C17H18ClN3O3. The third kappa shape index (κ3) is 3.43. The first kappa shape index (κ1) is 16.5. The largest absolute Gasteiger partial charge is 0.344 e. The van der Waals surface area contributed by atoms with Gasteiger partial charge in [0.2, 0.25) is 17.0 Å². The van der Waals surface area contributed by atoms with Gasteiger partial charge in [-0.3, -0.25) is 9.59 Å². The molecule has 2 aromatic rings. The van der Waals surface area contributed by atoms with Gasteiger partial charge >= 0.3 is 0 Å². The maximum atomic E-state index is 12.7. The quantitative estimate of drug-likeness (QED) is 0.922. The zero-order valence-corrected chi connectivity index (χ0v) is 14.0. The number of anilines is 1. The second kappa shape index (κ2) is 7.05. The van der Waals surface area contributed by atoms with Crippen LogP contribution in [-0.4, -0.2) is 29.6 Å². The second-order valence-electron chi connectivity index (χ2n) is 5.78. The van der Waals surface area contributed by atoms with Crippen LogP contribution in [0, 0.1) is 6.92 Å². The van der Waals surface area contributed by atoms with Crippen LogP contribution in [0.15, 0.2) is 34.9 Å². The van der Waals surface area contributed by atoms with Crippen LogP contribution in [0.25, 0.3) is 0 Å². The number of para-hydroxylation sites is 1. The summed E-state index contributed by atoms with van der Waals surface area (Å²) in [5, 5.41) is 6.64. The molecule has 0 aliphatic carbocycles. The Bertz CT molecular complexity index is 725. The number of benzene rings is 1. The minimum absolute atomic E-state index is 0.0449. The van der Waals surface area contributed by atoms with Gasteiger partial charge < -0.3 is 14.7 Å². The minimum Gasteiger partial charge on any atom is -0.344 e. The van der Waals surface area contributed by atoms with Gasteiger partial charge in [-0.1, -0.05) is 23.4 Å². The van der Waals surface area contributed by atoms with Crippen LogP contribution in [0.1, 0.15) is 24.1 Å². The van der Waals surface area contributed by atoms with E-state index in [0.29, 0.717) is 24.2 Å². The van der Waals surface area contributed by atoms with Gasteiger partial charge in [0.15, 0.2) is 0 Å². The van der Waals surface area contributed by atoms with E-state index in [1.165, 1.54) is 0 Å². The third-order valence-electron chi connectivity index (χ3n) is 4.12. The summed E-state index contributed by atoms with van der Waals surface area (Å²) in [6, 6.07) is 8.95. The van der Waals surface area contributed by atoms with Gasteiger partial charge in [0.05, 0.1) is 12.1 Å². The van der Waals surface area contributed by atoms with E-state index in [1.54, 1.807) is 11.8 Å². The monoisotopic (exact) mass is 347 g/mol. The van der Waals surface area contributed by atoms with E-state index < -0.39 is 6.04 Å². The Morgan fingerprint density at radius 3 is 2.83 bits per heavy atom. The lowest BCUT2D eigenvalue weighted by atomic mass is 10.0. The van der Waals surface area contributed by atoms with Gasteiger partial charge in [-0.05, 0) is 43.5 Å². The molecule has 2 heterocycles. The number of rotatable bonds is 4. The molecule has 1 saturated heterocycles. The normalized spacial score (nSPS) is 17.8. The number of carbonyl (C=O) groups is 2. The summed E-state index contributed by atoms with van der Waals surface area (Å²) in [6.45, 7) is 2.38. The Kier molecular flexibility index (Phi) is 4.85. The smallest absolute Gasteiger partial charge is 0.249 e. The van der Waals surface area contributed by atoms with Crippen LogP contribution in [-0.2, 0) is 16.0 Å². The predicted molar refractivity (Wildman–Crippen MR) is 89.9 cm³/mol. The van der Waals surface area contributed by atoms with Crippen LogP contribution < -0.4 is 10.2 Å². The molecule has 3 rings (SSSR count). The minimum atomic E-state index is -0.523. The van der Waals surface area contributed by atoms with Crippen LogP contribution in [0.5, 0.6) is 0 Å². The van der Waals surface area contributed by atoms with Gasteiger partial charge in [-0.15, -0.1) is 0 Å². The van der Waals surface area contributed by atoms with E-state index >= 15 is 0 Å². The molecule has 1 N–H and O–H groups in total. The van der Waals surface area contributed by atoms with Gasteiger partial charge in [-0.2, -0.15) is 0 Å². The van der Waals surface area contributed by atoms with Crippen molar-refractivity contribution in [1.82, 2.24) is 10.5 Å². The van der Waals surface area contributed by atoms with E-state index in [0.717, 1.165) is 12.1 Å². The number of aryl methyl sites for hydroxylation is 1. The number of carbonyl (C=O) groups excluding carboxylic acids is 2. The molecule has 1 fully saturated rings. The van der Waals surface area contributed by atoms with Crippen LogP contribution in [0.2, 0.25) is 5.22 Å². The number of amides is 2. The lowest BCUT2D eigenvalue weighted by molar-refractivity contribution is -0.128. The number of hydrogen-bond acceptors (Lipinski definition) is 4. The topological polar surface area (TPSA) is 75.4 Å². The molecule has 0 bridgehead atoms. The molecule has 24 heavy (non-hydrogen) atoms. The Hall–Kier alpha value is -2.34. The lowest BCUT2D eigenvalue weighted by Gasteiger charge is -2.32. The molecule has 7 heteroatoms. The van der Waals surface area contributed by atoms with Crippen LogP contribution in [0.3, 0.4) is 0 Å². The first-order chi connectivity index (χ1) is 11.6. The van der Waals surface area contributed by atoms with Crippen molar-refractivity contribution in [3.63, 3.8) is 0 Å². The number of halogens is 1. The van der Waals surface area contributed by atoms with Crippen molar-refractivity contribution in [1.29, 1.82) is 0 Å². The zero-order chi connectivity index (χ0) is 17.1. The van der Waals surface area contributed by atoms with Gasteiger partial charge in [0.1, 0.15) is 6.04 Å². The summed E-state index contributed by atoms with van der Waals surface area (Å²) in [4.78, 5) is 26.6. The predicted octanol–water partition coefficient (Wildman–Crippen LogP) is 2.49. The van der Waals surface area contributed by atoms with Crippen LogP contribution >= 0.6 is 11.6 Å². The Morgan fingerprint density at radius 1 is 1.42 bits per heavy atom. The van der Waals surface area contributed by atoms with Crippen molar-refractivity contribution in [3.05, 3.63) is 46.8 Å². The average Bonchev–Trinajstić information content (AvgIpc) is 2.89. The molecular weight excluding hydrogens is 330 g/mol. The van der Waals surface area contributed by atoms with E-state index in [9.17, 15) is 9.59 Å². The maximum Gasteiger partial charge on any atom is 0.249 e. The first-order valence-corrected chi connectivity index (χ1v) is 8.20. The van der Waals surface area contributed by atoms with E-state index in [2.05, 4.69) is 10.5 Å². The molecule has 6 nitrogen and oxygen atoms in total. The Labute approximate surface area is 144 Å². The van der Waals surface area contributed by atoms with E-state index in [-0.39, 0.29) is 23.5 Å². The Balaban J connectivity index is 1.66. The van der Waals surface area contributed by atoms with Crippen molar-refractivity contribution in [2.24, 2.45) is 0 Å². The van der Waals surface area contributed by atoms with Gasteiger partial charge in [0, 0.05) is 17.8 Å². The SMILES string of the molecule is Cc1noc(Cl)c1CC(=O)N[C@H]1CCCN(c2ccccc2)C1=O. The summed E-state index contributed by atoms with van der Waals surface area (Å²) in [5.41, 5.74) is 1.98. The second-order valence-corrected chi connectivity index (χ2v) is 6.13. The number of nitrogens with zero attached hydrogens (tertiary/aromatic N) is 2. The fourth-order valence-electron chi connectivity index (χ4n) is 2.84. The molecule has 126 valence electrons. The van der Waals surface area contributed by atoms with E-state index in [1.807, 2.05) is 30.3 Å². The fraction of sp³-hybridized carbons (Fsp3) is 0.353. The highest BCUT2D eigenvalue weighted by atomic mass is 35.5. The van der Waals surface area contributed by atoms with Crippen molar-refractivity contribution < 1.29 is 14.1 Å². The highest BCUT2D eigenvalue weighted by molar-refractivity contribution is 6.29. The highest BCUT2D eigenvalue weighted by Crippen LogP contribution is 2.22. The Morgan fingerprint density at radius 2 is 2.17 bits per heavy atom. The summed E-state index contributed by atoms with van der Waals surface area (Å²) < 4.78 is 4.84. The summed E-state index contributed by atoms with van der Waals surface area (Å²) >= 11 is 5.88. The number of aromatic nitrogens is 1. The number of nitrogens with one attached hydrogen (secondary N) is 1. The van der Waals surface area contributed by atoms with Crippen molar-refractivity contribution in [2.75, 3.05) is 11.4 Å². The standard InChI is InChI=1S/C17H18ClN3O3/c1-11-13(16(18)24-20-11)10-15(22)19-14-8-5-9-21(17(14)23)12-6-3-2-4-7-12/h2-4,6-7,14H,5,8-10H2,1H3,(H,19,22)/t14-/m0/s1. The molecule has 1 aromatic heterocycles. The molecule has 0 saturated carbocycles. The molecule has 2 amide bonds. The maximum absolute atomic E-state index is 12.7. The van der Waals surface area contributed by atoms with Gasteiger partial charge in [-0.25, -0.2) is 0 Å². The number of hydrogen-bond donors (Lipinski definition) is 1. The number of piperidine rings is 1. The molecule has 1 aromatic carbocycles. The zero-order valence-electron chi connectivity index (χ0n) is 13.3. The first-order valence-electron chi connectivity index (χ1n) is 7.82. The molecule has 1 aliphatic heterocycles. The van der Waals surface area contributed by atoms with Crippen molar-refractivity contribution >= 4 is 29.1 Å². The molecule has 0 unspecified atom stereocenters. The fourth-order valence-corrected chi connectivity index (χ4v) is 3.08. The summed E-state index contributed by atoms with van der Waals surface area (Å²) in [5.74, 6) is -0.356. The van der Waals surface area contributed by atoms with Gasteiger partial charge in [0.25, 0.3) is 0 Å². The van der Waals surface area contributed by atoms with Crippen molar-refractivity contribution in [2.45, 2.75) is 32.2 Å². The molecule has 0 radical (unpaired) electrons. The van der Waals surface area contributed by atoms with Crippen LogP contribution in [0.4, 0.5) is 5.69 Å². The van der Waals surface area contributed by atoms with Crippen molar-refractivity contribution in [3.8, 4) is 0 Å². The molecule has 0 spiro atoms. The lowest BCUT2D eigenvalue weighted by Crippen LogP contribution is -2.52. The molecule has 1 aliphatic rings. The average molecular weight is 348 g/mol. The third-order valence-corrected chi connectivity index (χ3v) is 4.41. The molecule has 1 atom stereocenters.